The van der Waals surface area contributed by atoms with Crippen molar-refractivity contribution in [2.45, 2.75) is 0 Å². The Hall–Kier alpha value is -2.44. The molecule has 2 aromatic carbocycles. The van der Waals surface area contributed by atoms with Crippen molar-refractivity contribution < 1.29 is 9.53 Å². The molecule has 0 bridgehead atoms. The topological polar surface area (TPSA) is 64.1 Å². The highest BCUT2D eigenvalue weighted by Crippen LogP contribution is 2.28. The lowest BCUT2D eigenvalue weighted by atomic mass is 10.2. The molecule has 23 heavy (non-hydrogen) atoms. The van der Waals surface area contributed by atoms with Crippen molar-refractivity contribution in [3.63, 3.8) is 0 Å². The molecule has 0 radical (unpaired) electrons. The van der Waals surface area contributed by atoms with Crippen LogP contribution >= 0.6 is 23.1 Å². The Kier molecular flexibility index (Phi) is 4.55. The highest BCUT2D eigenvalue weighted by molar-refractivity contribution is 7.10. The molecule has 0 spiro atoms. The predicted octanol–water partition coefficient (Wildman–Crippen LogP) is 4.12. The number of nitrogens with one attached hydrogen (secondary N) is 1. The molecule has 3 rings (SSSR count). The van der Waals surface area contributed by atoms with E-state index in [-0.39, 0.29) is 11.5 Å². The molecule has 0 aliphatic rings. The van der Waals surface area contributed by atoms with Gasteiger partial charge in [-0.1, -0.05) is 48.0 Å². The summed E-state index contributed by atoms with van der Waals surface area (Å²) in [5.74, 6) is 0.586. The molecule has 0 aliphatic carbocycles. The number of nitrogens with zero attached hydrogens (tertiary/aromatic N) is 2. The number of methoxy groups -OCH3 is 1. The van der Waals surface area contributed by atoms with Gasteiger partial charge >= 0.3 is 0 Å². The molecule has 5 nitrogen and oxygen atoms in total. The molecule has 0 saturated carbocycles. The summed E-state index contributed by atoms with van der Waals surface area (Å²) in [4.78, 5) is 16.7. The van der Waals surface area contributed by atoms with E-state index in [9.17, 15) is 4.79 Å². The fourth-order valence-electron chi connectivity index (χ4n) is 2.03. The van der Waals surface area contributed by atoms with Gasteiger partial charge in [-0.2, -0.15) is 9.36 Å². The first-order chi connectivity index (χ1) is 11.2. The highest BCUT2D eigenvalue weighted by atomic mass is 35.5. The average molecular weight is 346 g/mol. The fourth-order valence-corrected chi connectivity index (χ4v) is 2.87. The maximum Gasteiger partial charge on any atom is 0.262 e. The minimum atomic E-state index is -0.386. The van der Waals surface area contributed by atoms with Crippen molar-refractivity contribution in [2.24, 2.45) is 0 Å². The largest absolute Gasteiger partial charge is 0.496 e. The number of hydrogen-bond acceptors (Lipinski definition) is 5. The summed E-state index contributed by atoms with van der Waals surface area (Å²) >= 11 is 7.21. The van der Waals surface area contributed by atoms with Gasteiger partial charge in [0.15, 0.2) is 5.82 Å². The second kappa shape index (κ2) is 6.76. The lowest BCUT2D eigenvalue weighted by Crippen LogP contribution is -2.13. The van der Waals surface area contributed by atoms with Crippen molar-refractivity contribution in [1.29, 1.82) is 0 Å². The number of ether oxygens (including phenoxy) is 1. The molecule has 0 fully saturated rings. The number of halogens is 1. The second-order valence-corrected chi connectivity index (χ2v) is 5.72. The third-order valence-corrected chi connectivity index (χ3v) is 4.05. The van der Waals surface area contributed by atoms with Gasteiger partial charge in [-0.15, -0.1) is 0 Å². The fraction of sp³-hybridized carbons (Fsp3) is 0.0625. The van der Waals surface area contributed by atoms with E-state index in [0.29, 0.717) is 21.7 Å². The van der Waals surface area contributed by atoms with E-state index in [1.165, 1.54) is 7.11 Å². The van der Waals surface area contributed by atoms with E-state index in [1.807, 2.05) is 30.3 Å². The van der Waals surface area contributed by atoms with Crippen LogP contribution in [0.15, 0.2) is 48.5 Å². The normalized spacial score (nSPS) is 10.3. The maximum absolute atomic E-state index is 12.4. The summed E-state index contributed by atoms with van der Waals surface area (Å²) in [6.45, 7) is 0. The van der Waals surface area contributed by atoms with Crippen LogP contribution < -0.4 is 10.1 Å². The average Bonchev–Trinajstić information content (AvgIpc) is 3.03. The van der Waals surface area contributed by atoms with Crippen LogP contribution in [0.5, 0.6) is 5.75 Å². The molecule has 1 amide bonds. The molecule has 0 unspecified atom stereocenters. The van der Waals surface area contributed by atoms with Gasteiger partial charge in [0.1, 0.15) is 11.3 Å². The number of benzene rings is 2. The third kappa shape index (κ3) is 3.33. The summed E-state index contributed by atoms with van der Waals surface area (Å²) in [5, 5.41) is 3.42. The van der Waals surface area contributed by atoms with Crippen molar-refractivity contribution in [1.82, 2.24) is 9.36 Å². The van der Waals surface area contributed by atoms with Crippen LogP contribution in [0.1, 0.15) is 10.4 Å². The minimum absolute atomic E-state index is 0.271. The van der Waals surface area contributed by atoms with Gasteiger partial charge in [0.05, 0.1) is 12.1 Å². The minimum Gasteiger partial charge on any atom is -0.496 e. The first-order valence-electron chi connectivity index (χ1n) is 6.72. The van der Waals surface area contributed by atoms with Gasteiger partial charge in [0.2, 0.25) is 5.13 Å². The zero-order chi connectivity index (χ0) is 16.2. The van der Waals surface area contributed by atoms with Crippen LogP contribution in [0, 0.1) is 0 Å². The summed E-state index contributed by atoms with van der Waals surface area (Å²) in [5.41, 5.74) is 1.16. The molecule has 1 aromatic heterocycles. The van der Waals surface area contributed by atoms with Crippen LogP contribution in [0.2, 0.25) is 5.02 Å². The Morgan fingerprint density at radius 2 is 1.96 bits per heavy atom. The van der Waals surface area contributed by atoms with Gasteiger partial charge < -0.3 is 4.74 Å². The Labute approximate surface area is 142 Å². The SMILES string of the molecule is COc1cccc(Cl)c1C(=O)Nc1nc(-c2ccccc2)ns1. The van der Waals surface area contributed by atoms with E-state index in [0.717, 1.165) is 17.1 Å². The molecule has 0 atom stereocenters. The van der Waals surface area contributed by atoms with Crippen LogP contribution in [0.3, 0.4) is 0 Å². The quantitative estimate of drug-likeness (QED) is 0.772. The lowest BCUT2D eigenvalue weighted by Gasteiger charge is -2.09. The number of amides is 1. The summed E-state index contributed by atoms with van der Waals surface area (Å²) in [6, 6.07) is 14.6. The van der Waals surface area contributed by atoms with E-state index in [1.54, 1.807) is 18.2 Å². The predicted molar refractivity (Wildman–Crippen MR) is 91.3 cm³/mol. The number of anilines is 1. The molecule has 7 heteroatoms. The Morgan fingerprint density at radius 3 is 2.70 bits per heavy atom. The first-order valence-corrected chi connectivity index (χ1v) is 7.87. The summed E-state index contributed by atoms with van der Waals surface area (Å²) < 4.78 is 9.43. The molecular formula is C16H12ClN3O2S. The smallest absolute Gasteiger partial charge is 0.262 e. The van der Waals surface area contributed by atoms with E-state index in [2.05, 4.69) is 14.7 Å². The molecule has 3 aromatic rings. The molecule has 1 heterocycles. The zero-order valence-corrected chi connectivity index (χ0v) is 13.7. The number of aromatic nitrogens is 2. The molecule has 0 saturated heterocycles. The van der Waals surface area contributed by atoms with Gasteiger partial charge in [0.25, 0.3) is 5.91 Å². The van der Waals surface area contributed by atoms with Crippen LogP contribution in [0.25, 0.3) is 11.4 Å². The Morgan fingerprint density at radius 1 is 1.17 bits per heavy atom. The Balaban J connectivity index is 1.83. The number of carbonyl (C=O) groups is 1. The van der Waals surface area contributed by atoms with Crippen molar-refractivity contribution in [2.75, 3.05) is 12.4 Å². The number of carbonyl (C=O) groups excluding carboxylic acids is 1. The lowest BCUT2D eigenvalue weighted by molar-refractivity contribution is 0.102. The van der Waals surface area contributed by atoms with E-state index < -0.39 is 0 Å². The van der Waals surface area contributed by atoms with Crippen LogP contribution in [0.4, 0.5) is 5.13 Å². The highest BCUT2D eigenvalue weighted by Gasteiger charge is 2.18. The van der Waals surface area contributed by atoms with Gasteiger partial charge in [-0.3, -0.25) is 10.1 Å². The molecule has 0 aliphatic heterocycles. The molecular weight excluding hydrogens is 334 g/mol. The van der Waals surface area contributed by atoms with Crippen molar-refractivity contribution in [3.8, 4) is 17.1 Å². The Bertz CT molecular complexity index is 836. The maximum atomic E-state index is 12.4. The molecule has 116 valence electrons. The summed E-state index contributed by atoms with van der Waals surface area (Å²) in [7, 11) is 1.49. The number of hydrogen-bond donors (Lipinski definition) is 1. The molecule has 1 N–H and O–H groups in total. The van der Waals surface area contributed by atoms with E-state index in [4.69, 9.17) is 16.3 Å². The van der Waals surface area contributed by atoms with Crippen molar-refractivity contribution in [3.05, 3.63) is 59.1 Å². The van der Waals surface area contributed by atoms with Crippen molar-refractivity contribution >= 4 is 34.2 Å². The third-order valence-electron chi connectivity index (χ3n) is 3.10. The monoisotopic (exact) mass is 345 g/mol. The first kappa shape index (κ1) is 15.5. The zero-order valence-electron chi connectivity index (χ0n) is 12.1. The van der Waals surface area contributed by atoms with Gasteiger partial charge in [-0.25, -0.2) is 0 Å². The van der Waals surface area contributed by atoms with Gasteiger partial charge in [0, 0.05) is 17.1 Å². The number of rotatable bonds is 4. The standard InChI is InChI=1S/C16H12ClN3O2S/c1-22-12-9-5-8-11(17)13(12)15(21)19-16-18-14(20-23-16)10-6-3-2-4-7-10/h2-9H,1H3,(H,18,19,20,21). The second-order valence-electron chi connectivity index (χ2n) is 4.56. The van der Waals surface area contributed by atoms with Gasteiger partial charge in [-0.05, 0) is 12.1 Å². The van der Waals surface area contributed by atoms with Crippen LogP contribution in [-0.4, -0.2) is 22.4 Å². The van der Waals surface area contributed by atoms with Crippen LogP contribution in [-0.2, 0) is 0 Å². The summed E-state index contributed by atoms with van der Waals surface area (Å²) in [6.07, 6.45) is 0. The van der Waals surface area contributed by atoms with E-state index >= 15 is 0 Å².